The molecule has 0 aliphatic rings. The number of benzene rings is 2. The lowest BCUT2D eigenvalue weighted by Gasteiger charge is -2.01. The number of hydrogen-bond acceptors (Lipinski definition) is 3. The van der Waals surface area contributed by atoms with Crippen molar-refractivity contribution in [3.8, 4) is 0 Å². The first-order valence-electron chi connectivity index (χ1n) is 5.02. The van der Waals surface area contributed by atoms with Gasteiger partial charge in [-0.15, -0.1) is 0 Å². The predicted octanol–water partition coefficient (Wildman–Crippen LogP) is 1.89. The first kappa shape index (κ1) is 11.5. The summed E-state index contributed by atoms with van der Waals surface area (Å²) in [6.45, 7) is 0. The minimum atomic E-state index is -2.66. The first-order valence-corrected chi connectivity index (χ1v) is 6.20. The van der Waals surface area contributed by atoms with Crippen LogP contribution in [0.4, 0.5) is 0 Å². The van der Waals surface area contributed by atoms with E-state index in [9.17, 15) is 13.2 Å². The summed E-state index contributed by atoms with van der Waals surface area (Å²) in [5, 5.41) is 0. The minimum Gasteiger partial charge on any atom is -0.289 e. The zero-order valence-electron chi connectivity index (χ0n) is 8.87. The highest BCUT2D eigenvalue weighted by Crippen LogP contribution is 2.12. The average molecular weight is 246 g/mol. The quantitative estimate of drug-likeness (QED) is 0.664. The van der Waals surface area contributed by atoms with Crippen molar-refractivity contribution in [3.05, 3.63) is 65.7 Å². The monoisotopic (exact) mass is 246 g/mol. The molecule has 0 fully saturated rings. The third kappa shape index (κ3) is 2.60. The van der Waals surface area contributed by atoms with Crippen molar-refractivity contribution in [1.29, 1.82) is 0 Å². The molecule has 0 spiro atoms. The van der Waals surface area contributed by atoms with Crippen molar-refractivity contribution in [3.63, 3.8) is 0 Å². The van der Waals surface area contributed by atoms with Crippen LogP contribution in [-0.2, 0) is 10.7 Å². The van der Waals surface area contributed by atoms with Gasteiger partial charge in [0.15, 0.2) is 16.5 Å². The third-order valence-corrected chi connectivity index (χ3v) is 3.05. The van der Waals surface area contributed by atoms with E-state index in [1.54, 1.807) is 36.4 Å². The Bertz CT molecular complexity index is 608. The molecule has 0 radical (unpaired) electrons. The highest BCUT2D eigenvalue weighted by molar-refractivity contribution is 7.72. The number of rotatable bonds is 3. The number of thiol groups is 1. The number of ketones is 1. The Morgan fingerprint density at radius 1 is 0.824 bits per heavy atom. The van der Waals surface area contributed by atoms with Crippen LogP contribution in [0.2, 0.25) is 0 Å². The summed E-state index contributed by atoms with van der Waals surface area (Å²) in [5.74, 6) is -0.177. The van der Waals surface area contributed by atoms with E-state index in [0.29, 0.717) is 11.1 Å². The largest absolute Gasteiger partial charge is 0.289 e. The van der Waals surface area contributed by atoms with Gasteiger partial charge in [0.1, 0.15) is 0 Å². The molecule has 0 amide bonds. The van der Waals surface area contributed by atoms with E-state index in [2.05, 4.69) is 0 Å². The fourth-order valence-corrected chi connectivity index (χ4v) is 1.97. The van der Waals surface area contributed by atoms with Gasteiger partial charge in [-0.3, -0.25) is 4.79 Å². The van der Waals surface area contributed by atoms with Gasteiger partial charge in [-0.05, 0) is 12.1 Å². The molecule has 0 atom stereocenters. The molecule has 0 bridgehead atoms. The van der Waals surface area contributed by atoms with E-state index in [0.717, 1.165) is 0 Å². The molecule has 0 aliphatic heterocycles. The van der Waals surface area contributed by atoms with E-state index in [1.165, 1.54) is 12.1 Å². The molecule has 17 heavy (non-hydrogen) atoms. The highest BCUT2D eigenvalue weighted by Gasteiger charge is 2.09. The second-order valence-electron chi connectivity index (χ2n) is 3.50. The number of carbonyl (C=O) groups excluding carboxylic acids is 1. The zero-order chi connectivity index (χ0) is 12.3. The number of carbonyl (C=O) groups is 1. The average Bonchev–Trinajstić information content (AvgIpc) is 2.39. The topological polar surface area (TPSA) is 51.2 Å². The maximum absolute atomic E-state index is 12.0. The Kier molecular flexibility index (Phi) is 3.35. The Morgan fingerprint density at radius 2 is 1.47 bits per heavy atom. The van der Waals surface area contributed by atoms with Gasteiger partial charge in [0.25, 0.3) is 0 Å². The molecular formula is C13H10O3S. The Morgan fingerprint density at radius 3 is 2.12 bits per heavy atom. The van der Waals surface area contributed by atoms with Gasteiger partial charge in [-0.25, -0.2) is 8.42 Å². The van der Waals surface area contributed by atoms with Crippen molar-refractivity contribution in [2.45, 2.75) is 4.90 Å². The van der Waals surface area contributed by atoms with Crippen molar-refractivity contribution >= 4 is 16.5 Å². The smallest absolute Gasteiger partial charge is 0.193 e. The lowest BCUT2D eigenvalue weighted by atomic mass is 10.0. The normalized spacial score (nSPS) is 10.4. The summed E-state index contributed by atoms with van der Waals surface area (Å²) in [4.78, 5) is 12.2. The summed E-state index contributed by atoms with van der Waals surface area (Å²) in [7, 11) is -2.66. The molecule has 2 aromatic carbocycles. The fourth-order valence-electron chi connectivity index (χ4n) is 1.52. The van der Waals surface area contributed by atoms with E-state index in [-0.39, 0.29) is 10.7 Å². The van der Waals surface area contributed by atoms with Crippen LogP contribution in [0.5, 0.6) is 0 Å². The summed E-state index contributed by atoms with van der Waals surface area (Å²) >= 11 is 0. The van der Waals surface area contributed by atoms with E-state index in [1.807, 2.05) is 6.07 Å². The van der Waals surface area contributed by atoms with Crippen molar-refractivity contribution in [1.82, 2.24) is 0 Å². The summed E-state index contributed by atoms with van der Waals surface area (Å²) < 4.78 is 21.7. The molecular weight excluding hydrogens is 236 g/mol. The molecule has 2 rings (SSSR count). The van der Waals surface area contributed by atoms with Gasteiger partial charge >= 0.3 is 0 Å². The standard InChI is InChI=1S/C13H10O3S/c14-13(10-5-2-1-3-6-10)11-7-4-8-12(9-11)17(15)16/h1-9,17H. The Labute approximate surface area is 101 Å². The summed E-state index contributed by atoms with van der Waals surface area (Å²) in [6.07, 6.45) is 0. The van der Waals surface area contributed by atoms with Crippen LogP contribution in [0.15, 0.2) is 59.5 Å². The molecule has 4 heteroatoms. The lowest BCUT2D eigenvalue weighted by molar-refractivity contribution is 0.103. The van der Waals surface area contributed by atoms with Crippen molar-refractivity contribution < 1.29 is 13.2 Å². The molecule has 0 saturated heterocycles. The van der Waals surface area contributed by atoms with E-state index < -0.39 is 10.7 Å². The first-order chi connectivity index (χ1) is 8.18. The van der Waals surface area contributed by atoms with Crippen LogP contribution in [0.3, 0.4) is 0 Å². The highest BCUT2D eigenvalue weighted by atomic mass is 32.2. The Hall–Kier alpha value is -1.94. The van der Waals surface area contributed by atoms with Gasteiger partial charge in [0.2, 0.25) is 0 Å². The fraction of sp³-hybridized carbons (Fsp3) is 0. The van der Waals surface area contributed by atoms with Gasteiger partial charge in [-0.1, -0.05) is 42.5 Å². The van der Waals surface area contributed by atoms with Gasteiger partial charge in [0.05, 0.1) is 4.90 Å². The molecule has 3 nitrogen and oxygen atoms in total. The molecule has 0 heterocycles. The molecule has 0 aromatic heterocycles. The van der Waals surface area contributed by atoms with Crippen molar-refractivity contribution in [2.75, 3.05) is 0 Å². The minimum absolute atomic E-state index is 0.154. The van der Waals surface area contributed by atoms with Crippen LogP contribution in [0.1, 0.15) is 15.9 Å². The van der Waals surface area contributed by atoms with Gasteiger partial charge < -0.3 is 0 Å². The van der Waals surface area contributed by atoms with E-state index >= 15 is 0 Å². The van der Waals surface area contributed by atoms with Crippen molar-refractivity contribution in [2.24, 2.45) is 0 Å². The van der Waals surface area contributed by atoms with Crippen LogP contribution < -0.4 is 0 Å². The van der Waals surface area contributed by atoms with Crippen LogP contribution in [0.25, 0.3) is 0 Å². The van der Waals surface area contributed by atoms with Crippen LogP contribution in [0, 0.1) is 0 Å². The maximum atomic E-state index is 12.0. The zero-order valence-corrected chi connectivity index (χ0v) is 9.76. The van der Waals surface area contributed by atoms with Crippen LogP contribution >= 0.6 is 0 Å². The molecule has 0 N–H and O–H groups in total. The predicted molar refractivity (Wildman–Crippen MR) is 64.9 cm³/mol. The summed E-state index contributed by atoms with van der Waals surface area (Å²) in [6, 6.07) is 14.8. The second kappa shape index (κ2) is 4.93. The lowest BCUT2D eigenvalue weighted by Crippen LogP contribution is -2.01. The number of hydrogen-bond donors (Lipinski definition) is 1. The third-order valence-electron chi connectivity index (χ3n) is 2.36. The molecule has 0 aliphatic carbocycles. The second-order valence-corrected chi connectivity index (χ2v) is 4.53. The molecule has 0 unspecified atom stereocenters. The van der Waals surface area contributed by atoms with Gasteiger partial charge in [0, 0.05) is 11.1 Å². The maximum Gasteiger partial charge on any atom is 0.193 e. The SMILES string of the molecule is O=C(c1ccccc1)c1cccc([SH](=O)=O)c1. The van der Waals surface area contributed by atoms with E-state index in [4.69, 9.17) is 0 Å². The molecule has 86 valence electrons. The molecule has 2 aromatic rings. The Balaban J connectivity index is 2.41. The van der Waals surface area contributed by atoms with Gasteiger partial charge in [-0.2, -0.15) is 0 Å². The van der Waals surface area contributed by atoms with Crippen LogP contribution in [-0.4, -0.2) is 14.2 Å². The summed E-state index contributed by atoms with van der Waals surface area (Å²) in [5.41, 5.74) is 0.929. The molecule has 0 saturated carbocycles.